The minimum Gasteiger partial charge on any atom is -0.496 e. The van der Waals surface area contributed by atoms with Gasteiger partial charge in [-0.15, -0.1) is 0 Å². The number of para-hydroxylation sites is 1. The van der Waals surface area contributed by atoms with Crippen molar-refractivity contribution in [3.63, 3.8) is 0 Å². The average Bonchev–Trinajstić information content (AvgIpc) is 2.46. The predicted molar refractivity (Wildman–Crippen MR) is 88.9 cm³/mol. The number of benzene rings is 1. The SMILES string of the molecule is COc1ccccc1C/C(C)=C/C(=O)NC(CO)CC(C)C. The van der Waals surface area contributed by atoms with Gasteiger partial charge in [-0.3, -0.25) is 4.79 Å². The van der Waals surface area contributed by atoms with Crippen molar-refractivity contribution in [2.24, 2.45) is 5.92 Å². The number of nitrogens with one attached hydrogen (secondary N) is 1. The second kappa shape index (κ2) is 9.26. The van der Waals surface area contributed by atoms with E-state index in [-0.39, 0.29) is 18.6 Å². The maximum atomic E-state index is 12.0. The Bertz CT molecular complexity index is 509. The molecule has 0 aliphatic heterocycles. The third-order valence-corrected chi connectivity index (χ3v) is 3.36. The van der Waals surface area contributed by atoms with Crippen LogP contribution in [-0.2, 0) is 11.2 Å². The van der Waals surface area contributed by atoms with Gasteiger partial charge in [0.05, 0.1) is 19.8 Å². The molecule has 1 unspecified atom stereocenters. The highest BCUT2D eigenvalue weighted by Gasteiger charge is 2.12. The highest BCUT2D eigenvalue weighted by molar-refractivity contribution is 5.88. The lowest BCUT2D eigenvalue weighted by Gasteiger charge is -2.17. The van der Waals surface area contributed by atoms with Crippen LogP contribution in [0.3, 0.4) is 0 Å². The van der Waals surface area contributed by atoms with Crippen LogP contribution in [0.2, 0.25) is 0 Å². The first-order valence-corrected chi connectivity index (χ1v) is 7.66. The maximum absolute atomic E-state index is 12.0. The number of ether oxygens (including phenoxy) is 1. The third kappa shape index (κ3) is 6.31. The fourth-order valence-corrected chi connectivity index (χ4v) is 2.42. The van der Waals surface area contributed by atoms with E-state index in [0.29, 0.717) is 12.3 Å². The van der Waals surface area contributed by atoms with E-state index < -0.39 is 0 Å². The van der Waals surface area contributed by atoms with E-state index in [9.17, 15) is 9.90 Å². The molecule has 4 heteroatoms. The number of hydrogen-bond donors (Lipinski definition) is 2. The molecule has 0 aliphatic rings. The van der Waals surface area contributed by atoms with Crippen LogP contribution in [-0.4, -0.2) is 30.8 Å². The van der Waals surface area contributed by atoms with Crippen molar-refractivity contribution in [2.75, 3.05) is 13.7 Å². The molecule has 1 amide bonds. The van der Waals surface area contributed by atoms with E-state index in [1.807, 2.05) is 31.2 Å². The number of rotatable bonds is 8. The number of carbonyl (C=O) groups is 1. The zero-order valence-electron chi connectivity index (χ0n) is 13.9. The van der Waals surface area contributed by atoms with E-state index in [2.05, 4.69) is 19.2 Å². The Morgan fingerprint density at radius 1 is 1.36 bits per heavy atom. The van der Waals surface area contributed by atoms with Gasteiger partial charge in [-0.25, -0.2) is 0 Å². The van der Waals surface area contributed by atoms with Crippen LogP contribution < -0.4 is 10.1 Å². The molecule has 1 aromatic rings. The molecular formula is C18H27NO3. The zero-order chi connectivity index (χ0) is 16.5. The first-order chi connectivity index (χ1) is 10.5. The molecule has 0 aromatic heterocycles. The summed E-state index contributed by atoms with van der Waals surface area (Å²) in [6, 6.07) is 7.58. The number of methoxy groups -OCH3 is 1. The van der Waals surface area contributed by atoms with Crippen LogP contribution in [0, 0.1) is 5.92 Å². The molecule has 0 bridgehead atoms. The first kappa shape index (κ1) is 18.2. The second-order valence-corrected chi connectivity index (χ2v) is 6.00. The molecule has 0 fully saturated rings. The summed E-state index contributed by atoms with van der Waals surface area (Å²) in [6.07, 6.45) is 3.02. The summed E-state index contributed by atoms with van der Waals surface area (Å²) in [6.45, 7) is 6.01. The molecule has 22 heavy (non-hydrogen) atoms. The molecular weight excluding hydrogens is 278 g/mol. The van der Waals surface area contributed by atoms with E-state index in [4.69, 9.17) is 4.74 Å². The molecule has 1 aromatic carbocycles. The molecule has 0 saturated heterocycles. The predicted octanol–water partition coefficient (Wildman–Crippen LogP) is 2.71. The normalized spacial score (nSPS) is 13.1. The Morgan fingerprint density at radius 2 is 2.05 bits per heavy atom. The highest BCUT2D eigenvalue weighted by atomic mass is 16.5. The van der Waals surface area contributed by atoms with E-state index in [1.165, 1.54) is 0 Å². The standard InChI is InChI=1S/C18H27NO3/c1-13(2)9-16(12-20)19-18(21)11-14(3)10-15-7-5-6-8-17(15)22-4/h5-8,11,13,16,20H,9-10,12H2,1-4H3,(H,19,21)/b14-11+. The minimum absolute atomic E-state index is 0.0384. The molecule has 122 valence electrons. The Labute approximate surface area is 133 Å². The largest absolute Gasteiger partial charge is 0.496 e. The van der Waals surface area contributed by atoms with Crippen molar-refractivity contribution in [1.29, 1.82) is 0 Å². The van der Waals surface area contributed by atoms with Gasteiger partial charge in [0.2, 0.25) is 5.91 Å². The lowest BCUT2D eigenvalue weighted by atomic mass is 10.0. The summed E-state index contributed by atoms with van der Waals surface area (Å²) in [5.41, 5.74) is 2.00. The number of carbonyl (C=O) groups excluding carboxylic acids is 1. The maximum Gasteiger partial charge on any atom is 0.244 e. The summed E-state index contributed by atoms with van der Waals surface area (Å²) in [7, 11) is 1.64. The van der Waals surface area contributed by atoms with Crippen LogP contribution in [0.25, 0.3) is 0 Å². The average molecular weight is 305 g/mol. The molecule has 0 radical (unpaired) electrons. The number of hydrogen-bond acceptors (Lipinski definition) is 3. The minimum atomic E-state index is -0.192. The van der Waals surface area contributed by atoms with E-state index >= 15 is 0 Å². The molecule has 2 N–H and O–H groups in total. The molecule has 0 spiro atoms. The monoisotopic (exact) mass is 305 g/mol. The van der Waals surface area contributed by atoms with Gasteiger partial charge in [0, 0.05) is 6.08 Å². The smallest absolute Gasteiger partial charge is 0.244 e. The van der Waals surface area contributed by atoms with Crippen LogP contribution >= 0.6 is 0 Å². The van der Waals surface area contributed by atoms with Gasteiger partial charge >= 0.3 is 0 Å². The van der Waals surface area contributed by atoms with Gasteiger partial charge in [0.25, 0.3) is 0 Å². The van der Waals surface area contributed by atoms with Crippen molar-refractivity contribution in [1.82, 2.24) is 5.32 Å². The van der Waals surface area contributed by atoms with Crippen molar-refractivity contribution in [3.05, 3.63) is 41.5 Å². The Morgan fingerprint density at radius 3 is 2.64 bits per heavy atom. The number of aliphatic hydroxyl groups excluding tert-OH is 1. The van der Waals surface area contributed by atoms with Crippen molar-refractivity contribution in [2.45, 2.75) is 39.7 Å². The molecule has 0 saturated carbocycles. The Hall–Kier alpha value is -1.81. The van der Waals surface area contributed by atoms with Crippen LogP contribution in [0.15, 0.2) is 35.9 Å². The molecule has 0 aliphatic carbocycles. The van der Waals surface area contributed by atoms with Crippen LogP contribution in [0.1, 0.15) is 32.8 Å². The van der Waals surface area contributed by atoms with Gasteiger partial charge in [0.15, 0.2) is 0 Å². The van der Waals surface area contributed by atoms with Gasteiger partial charge in [-0.05, 0) is 37.3 Å². The number of amides is 1. The summed E-state index contributed by atoms with van der Waals surface area (Å²) < 4.78 is 5.32. The van der Waals surface area contributed by atoms with Crippen molar-refractivity contribution in [3.8, 4) is 5.75 Å². The summed E-state index contributed by atoms with van der Waals surface area (Å²) in [4.78, 5) is 12.0. The fraction of sp³-hybridized carbons (Fsp3) is 0.500. The first-order valence-electron chi connectivity index (χ1n) is 7.66. The van der Waals surface area contributed by atoms with E-state index in [0.717, 1.165) is 23.3 Å². The van der Waals surface area contributed by atoms with Crippen molar-refractivity contribution >= 4 is 5.91 Å². The second-order valence-electron chi connectivity index (χ2n) is 6.00. The van der Waals surface area contributed by atoms with Crippen LogP contribution in [0.5, 0.6) is 5.75 Å². The topological polar surface area (TPSA) is 58.6 Å². The molecule has 4 nitrogen and oxygen atoms in total. The van der Waals surface area contributed by atoms with Gasteiger partial charge in [-0.2, -0.15) is 0 Å². The highest BCUT2D eigenvalue weighted by Crippen LogP contribution is 2.20. The summed E-state index contributed by atoms with van der Waals surface area (Å²) >= 11 is 0. The number of aliphatic hydroxyl groups is 1. The molecule has 1 atom stereocenters. The van der Waals surface area contributed by atoms with Gasteiger partial charge in [-0.1, -0.05) is 37.6 Å². The van der Waals surface area contributed by atoms with Gasteiger partial charge in [0.1, 0.15) is 5.75 Å². The van der Waals surface area contributed by atoms with E-state index in [1.54, 1.807) is 13.2 Å². The molecule has 0 heterocycles. The molecule has 1 rings (SSSR count). The van der Waals surface area contributed by atoms with Gasteiger partial charge < -0.3 is 15.2 Å². The Balaban J connectivity index is 2.65. The number of allylic oxidation sites excluding steroid dienone is 1. The lowest BCUT2D eigenvalue weighted by molar-refractivity contribution is -0.117. The van der Waals surface area contributed by atoms with Crippen molar-refractivity contribution < 1.29 is 14.6 Å². The summed E-state index contributed by atoms with van der Waals surface area (Å²) in [5.74, 6) is 1.09. The Kier molecular flexibility index (Phi) is 7.67. The fourth-order valence-electron chi connectivity index (χ4n) is 2.42. The third-order valence-electron chi connectivity index (χ3n) is 3.36. The van der Waals surface area contributed by atoms with Crippen LogP contribution in [0.4, 0.5) is 0 Å². The quantitative estimate of drug-likeness (QED) is 0.726. The zero-order valence-corrected chi connectivity index (χ0v) is 13.9. The lowest BCUT2D eigenvalue weighted by Crippen LogP contribution is -2.37. The summed E-state index contributed by atoms with van der Waals surface area (Å²) in [5, 5.41) is 12.2.